The first-order chi connectivity index (χ1) is 16.0. The summed E-state index contributed by atoms with van der Waals surface area (Å²) >= 11 is 5.97. The van der Waals surface area contributed by atoms with E-state index >= 15 is 0 Å². The Labute approximate surface area is 200 Å². The topological polar surface area (TPSA) is 58.2 Å². The highest BCUT2D eigenvalue weighted by molar-refractivity contribution is 7.89. The molecule has 4 aromatic carbocycles. The van der Waals surface area contributed by atoms with Gasteiger partial charge in [0.25, 0.3) is 0 Å². The lowest BCUT2D eigenvalue weighted by molar-refractivity contribution is 0.421. The number of sulfonamides is 1. The van der Waals surface area contributed by atoms with Gasteiger partial charge >= 0.3 is 0 Å². The van der Waals surface area contributed by atoms with Crippen molar-refractivity contribution in [1.82, 2.24) is 10.0 Å². The van der Waals surface area contributed by atoms with Crippen molar-refractivity contribution in [1.29, 1.82) is 0 Å². The van der Waals surface area contributed by atoms with Crippen molar-refractivity contribution in [3.05, 3.63) is 137 Å². The lowest BCUT2D eigenvalue weighted by Gasteiger charge is -2.30. The molecule has 0 amide bonds. The van der Waals surface area contributed by atoms with E-state index in [9.17, 15) is 8.42 Å². The molecule has 4 rings (SSSR count). The fourth-order valence-corrected chi connectivity index (χ4v) is 5.11. The summed E-state index contributed by atoms with van der Waals surface area (Å²) in [6.07, 6.45) is 0. The molecule has 0 saturated heterocycles. The molecule has 0 unspecified atom stereocenters. The van der Waals surface area contributed by atoms with Gasteiger partial charge in [0.05, 0.1) is 17.0 Å². The maximum Gasteiger partial charge on any atom is 0.241 e. The molecule has 4 aromatic rings. The number of hydrogen-bond donors (Lipinski definition) is 2. The van der Waals surface area contributed by atoms with E-state index in [1.54, 1.807) is 12.1 Å². The minimum absolute atomic E-state index is 0.169. The van der Waals surface area contributed by atoms with Gasteiger partial charge in [-0.25, -0.2) is 13.1 Å². The molecule has 6 heteroatoms. The van der Waals surface area contributed by atoms with E-state index < -0.39 is 16.1 Å². The molecular formula is C27H25ClN2O2S. The van der Waals surface area contributed by atoms with Crippen LogP contribution in [0.4, 0.5) is 0 Å². The third-order valence-electron chi connectivity index (χ3n) is 5.43. The van der Waals surface area contributed by atoms with Gasteiger partial charge in [-0.05, 0) is 41.0 Å². The van der Waals surface area contributed by atoms with Crippen molar-refractivity contribution >= 4 is 21.6 Å². The quantitative estimate of drug-likeness (QED) is 0.316. The Morgan fingerprint density at radius 1 is 0.636 bits per heavy atom. The molecule has 0 spiro atoms. The van der Waals surface area contributed by atoms with Crippen LogP contribution in [0.3, 0.4) is 0 Å². The SMILES string of the molecule is O=S(=O)(N[C@@H](c1ccccc1)[C@@H](NCc1ccccc1)c1ccccc1)c1ccc(Cl)cc1. The molecule has 0 aliphatic rings. The summed E-state index contributed by atoms with van der Waals surface area (Å²) in [5.74, 6) is 0. The van der Waals surface area contributed by atoms with E-state index in [2.05, 4.69) is 10.0 Å². The fourth-order valence-electron chi connectivity index (χ4n) is 3.75. The highest BCUT2D eigenvalue weighted by atomic mass is 35.5. The summed E-state index contributed by atoms with van der Waals surface area (Å²) in [6.45, 7) is 0.590. The van der Waals surface area contributed by atoms with Gasteiger partial charge in [-0.15, -0.1) is 0 Å². The molecule has 168 valence electrons. The van der Waals surface area contributed by atoms with Gasteiger partial charge in [-0.3, -0.25) is 0 Å². The van der Waals surface area contributed by atoms with E-state index in [1.165, 1.54) is 12.1 Å². The van der Waals surface area contributed by atoms with Crippen LogP contribution in [-0.2, 0) is 16.6 Å². The maximum absolute atomic E-state index is 13.4. The predicted molar refractivity (Wildman–Crippen MR) is 133 cm³/mol. The highest BCUT2D eigenvalue weighted by Gasteiger charge is 2.29. The molecule has 0 radical (unpaired) electrons. The Bertz CT molecular complexity index is 1250. The van der Waals surface area contributed by atoms with Crippen molar-refractivity contribution < 1.29 is 8.42 Å². The molecule has 2 N–H and O–H groups in total. The maximum atomic E-state index is 13.4. The van der Waals surface area contributed by atoms with Crippen molar-refractivity contribution in [2.75, 3.05) is 0 Å². The predicted octanol–water partition coefficient (Wildman–Crippen LogP) is 5.89. The van der Waals surface area contributed by atoms with Crippen LogP contribution >= 0.6 is 11.6 Å². The fraction of sp³-hybridized carbons (Fsp3) is 0.111. The van der Waals surface area contributed by atoms with E-state index in [1.807, 2.05) is 91.0 Å². The first-order valence-electron chi connectivity index (χ1n) is 10.7. The smallest absolute Gasteiger partial charge is 0.241 e. The molecule has 0 bridgehead atoms. The van der Waals surface area contributed by atoms with Gasteiger partial charge in [0.1, 0.15) is 0 Å². The zero-order chi connectivity index (χ0) is 23.1. The van der Waals surface area contributed by atoms with E-state index in [0.717, 1.165) is 16.7 Å². The molecule has 2 atom stereocenters. The van der Waals surface area contributed by atoms with Crippen molar-refractivity contribution in [2.24, 2.45) is 0 Å². The van der Waals surface area contributed by atoms with Crippen LogP contribution in [0.1, 0.15) is 28.8 Å². The third-order valence-corrected chi connectivity index (χ3v) is 7.13. The van der Waals surface area contributed by atoms with Crippen molar-refractivity contribution in [2.45, 2.75) is 23.5 Å². The summed E-state index contributed by atoms with van der Waals surface area (Å²) in [5.41, 5.74) is 2.97. The van der Waals surface area contributed by atoms with Crippen LogP contribution in [0.15, 0.2) is 120 Å². The third kappa shape index (κ3) is 6.09. The number of benzene rings is 4. The molecule has 33 heavy (non-hydrogen) atoms. The monoisotopic (exact) mass is 476 g/mol. The van der Waals surface area contributed by atoms with Gasteiger partial charge in [0.15, 0.2) is 0 Å². The van der Waals surface area contributed by atoms with Gasteiger partial charge in [0, 0.05) is 11.6 Å². The first kappa shape index (κ1) is 23.2. The van der Waals surface area contributed by atoms with Gasteiger partial charge in [-0.2, -0.15) is 0 Å². The first-order valence-corrected chi connectivity index (χ1v) is 12.5. The van der Waals surface area contributed by atoms with E-state index in [-0.39, 0.29) is 10.9 Å². The highest BCUT2D eigenvalue weighted by Crippen LogP contribution is 2.31. The minimum Gasteiger partial charge on any atom is -0.304 e. The standard InChI is InChI=1S/C27H25ClN2O2S/c28-24-16-18-25(19-17-24)33(31,32)30-27(23-14-8-3-9-15-23)26(22-12-6-2-7-13-22)29-20-21-10-4-1-5-11-21/h1-19,26-27,29-30H,20H2/t26-,27-/m0/s1. The van der Waals surface area contributed by atoms with Crippen LogP contribution in [0, 0.1) is 0 Å². The van der Waals surface area contributed by atoms with E-state index in [4.69, 9.17) is 11.6 Å². The number of rotatable bonds is 9. The summed E-state index contributed by atoms with van der Waals surface area (Å²) in [6, 6.07) is 34.9. The number of halogens is 1. The largest absolute Gasteiger partial charge is 0.304 e. The summed E-state index contributed by atoms with van der Waals surface area (Å²) in [5, 5.41) is 4.07. The average Bonchev–Trinajstić information content (AvgIpc) is 2.85. The Morgan fingerprint density at radius 3 is 1.67 bits per heavy atom. The number of nitrogens with one attached hydrogen (secondary N) is 2. The van der Waals surface area contributed by atoms with Gasteiger partial charge in [-0.1, -0.05) is 103 Å². The summed E-state index contributed by atoms with van der Waals surface area (Å²) in [7, 11) is -3.81. The van der Waals surface area contributed by atoms with Crippen molar-refractivity contribution in [3.8, 4) is 0 Å². The second-order valence-corrected chi connectivity index (χ2v) is 9.87. The lowest BCUT2D eigenvalue weighted by Crippen LogP contribution is -2.38. The zero-order valence-electron chi connectivity index (χ0n) is 17.9. The summed E-state index contributed by atoms with van der Waals surface area (Å²) < 4.78 is 29.7. The molecule has 4 nitrogen and oxygen atoms in total. The van der Waals surface area contributed by atoms with Crippen LogP contribution in [-0.4, -0.2) is 8.42 Å². The van der Waals surface area contributed by atoms with E-state index in [0.29, 0.717) is 11.6 Å². The zero-order valence-corrected chi connectivity index (χ0v) is 19.5. The molecule has 0 heterocycles. The molecule has 0 aromatic heterocycles. The normalized spacial score (nSPS) is 13.4. The molecular weight excluding hydrogens is 452 g/mol. The lowest BCUT2D eigenvalue weighted by atomic mass is 9.94. The second-order valence-electron chi connectivity index (χ2n) is 7.72. The van der Waals surface area contributed by atoms with Crippen molar-refractivity contribution in [3.63, 3.8) is 0 Å². The van der Waals surface area contributed by atoms with Gasteiger partial charge < -0.3 is 5.32 Å². The molecule has 0 saturated carbocycles. The Kier molecular flexibility index (Phi) is 7.57. The van der Waals surface area contributed by atoms with Gasteiger partial charge in [0.2, 0.25) is 10.0 Å². The molecule has 0 aliphatic carbocycles. The van der Waals surface area contributed by atoms with Crippen LogP contribution in [0.5, 0.6) is 0 Å². The van der Waals surface area contributed by atoms with Crippen LogP contribution < -0.4 is 10.0 Å². The second kappa shape index (κ2) is 10.8. The molecule has 0 fully saturated rings. The molecule has 0 aliphatic heterocycles. The Balaban J connectivity index is 1.72. The minimum atomic E-state index is -3.81. The van der Waals surface area contributed by atoms with Crippen LogP contribution in [0.2, 0.25) is 5.02 Å². The average molecular weight is 477 g/mol. The Hall–Kier alpha value is -2.96. The van der Waals surface area contributed by atoms with Crippen LogP contribution in [0.25, 0.3) is 0 Å². The Morgan fingerprint density at radius 2 is 1.12 bits per heavy atom. The number of hydrogen-bond acceptors (Lipinski definition) is 3. The summed E-state index contributed by atoms with van der Waals surface area (Å²) in [4.78, 5) is 0.169.